The van der Waals surface area contributed by atoms with Crippen LogP contribution in [0.25, 0.3) is 0 Å². The Morgan fingerprint density at radius 2 is 2.05 bits per heavy atom. The van der Waals surface area contributed by atoms with E-state index in [1.54, 1.807) is 4.90 Å². The summed E-state index contributed by atoms with van der Waals surface area (Å²) in [6, 6.07) is 4.10. The molecule has 0 spiro atoms. The zero-order chi connectivity index (χ0) is 15.3. The Labute approximate surface area is 127 Å². The van der Waals surface area contributed by atoms with Crippen molar-refractivity contribution in [3.8, 4) is 0 Å². The molecule has 0 bridgehead atoms. The van der Waals surface area contributed by atoms with Gasteiger partial charge < -0.3 is 10.2 Å². The lowest BCUT2D eigenvalue weighted by molar-refractivity contribution is 0.188. The summed E-state index contributed by atoms with van der Waals surface area (Å²) in [6.07, 6.45) is 8.54. The predicted octanol–water partition coefficient (Wildman–Crippen LogP) is 3.51. The largest absolute Gasteiger partial charge is 0.333 e. The van der Waals surface area contributed by atoms with Gasteiger partial charge >= 0.3 is 6.03 Å². The normalized spacial score (nSPS) is 16.7. The summed E-state index contributed by atoms with van der Waals surface area (Å²) >= 11 is 0. The molecule has 0 radical (unpaired) electrons. The maximum atomic E-state index is 12.4. The third-order valence-corrected chi connectivity index (χ3v) is 4.65. The summed E-state index contributed by atoms with van der Waals surface area (Å²) < 4.78 is 0. The molecule has 1 N–H and O–H groups in total. The lowest BCUT2D eigenvalue weighted by Crippen LogP contribution is -2.50. The maximum Gasteiger partial charge on any atom is 0.317 e. The summed E-state index contributed by atoms with van der Waals surface area (Å²) in [5.41, 5.74) is 2.17. The number of nitrogens with one attached hydrogen (secondary N) is 1. The molecule has 4 heteroatoms. The van der Waals surface area contributed by atoms with Crippen LogP contribution >= 0.6 is 0 Å². The molecule has 1 aliphatic rings. The Balaban J connectivity index is 1.92. The Morgan fingerprint density at radius 3 is 2.57 bits per heavy atom. The van der Waals surface area contributed by atoms with Gasteiger partial charge in [-0.15, -0.1) is 0 Å². The van der Waals surface area contributed by atoms with Crippen LogP contribution in [0.15, 0.2) is 18.3 Å². The Hall–Kier alpha value is -1.58. The molecule has 0 atom stereocenters. The van der Waals surface area contributed by atoms with Crippen LogP contribution in [-0.4, -0.2) is 28.5 Å². The molecular formula is C17H27N3O. The second-order valence-electron chi connectivity index (χ2n) is 6.14. The van der Waals surface area contributed by atoms with Gasteiger partial charge in [-0.3, -0.25) is 4.98 Å². The minimum Gasteiger partial charge on any atom is -0.333 e. The van der Waals surface area contributed by atoms with Crippen molar-refractivity contribution in [1.82, 2.24) is 15.2 Å². The lowest BCUT2D eigenvalue weighted by Gasteiger charge is -2.31. The number of nitrogens with zero attached hydrogens (tertiary/aromatic N) is 2. The van der Waals surface area contributed by atoms with Crippen LogP contribution in [0.3, 0.4) is 0 Å². The predicted molar refractivity (Wildman–Crippen MR) is 85.1 cm³/mol. The van der Waals surface area contributed by atoms with Gasteiger partial charge in [-0.2, -0.15) is 0 Å². The van der Waals surface area contributed by atoms with Gasteiger partial charge in [0.1, 0.15) is 0 Å². The van der Waals surface area contributed by atoms with Crippen molar-refractivity contribution >= 4 is 6.03 Å². The third kappa shape index (κ3) is 3.96. The Bertz CT molecular complexity index is 463. The fourth-order valence-corrected chi connectivity index (χ4v) is 3.01. The van der Waals surface area contributed by atoms with Crippen molar-refractivity contribution in [2.45, 2.75) is 64.5 Å². The van der Waals surface area contributed by atoms with E-state index >= 15 is 0 Å². The van der Waals surface area contributed by atoms with Gasteiger partial charge in [-0.05, 0) is 37.3 Å². The number of aromatic nitrogens is 1. The molecule has 0 aromatic carbocycles. The first-order valence-corrected chi connectivity index (χ1v) is 8.05. The highest BCUT2D eigenvalue weighted by Gasteiger charge is 2.34. The lowest BCUT2D eigenvalue weighted by atomic mass is 9.94. The molecule has 0 aliphatic heterocycles. The fourth-order valence-electron chi connectivity index (χ4n) is 3.01. The van der Waals surface area contributed by atoms with E-state index in [0.29, 0.717) is 6.54 Å². The second kappa shape index (κ2) is 6.92. The van der Waals surface area contributed by atoms with Gasteiger partial charge in [-0.1, -0.05) is 32.8 Å². The van der Waals surface area contributed by atoms with Gasteiger partial charge in [-0.25, -0.2) is 4.79 Å². The molecular weight excluding hydrogens is 262 g/mol. The molecule has 2 amide bonds. The second-order valence-corrected chi connectivity index (χ2v) is 6.14. The molecule has 1 aromatic heterocycles. The van der Waals surface area contributed by atoms with Crippen molar-refractivity contribution in [3.63, 3.8) is 0 Å². The number of amides is 2. The first-order chi connectivity index (χ1) is 10.1. The minimum absolute atomic E-state index is 0.0140. The van der Waals surface area contributed by atoms with Crippen LogP contribution in [0.4, 0.5) is 4.79 Å². The summed E-state index contributed by atoms with van der Waals surface area (Å²) in [5, 5.41) is 3.24. The van der Waals surface area contributed by atoms with E-state index in [1.165, 1.54) is 18.4 Å². The zero-order valence-electron chi connectivity index (χ0n) is 13.5. The van der Waals surface area contributed by atoms with Gasteiger partial charge in [0.05, 0.1) is 12.2 Å². The molecule has 116 valence electrons. The Morgan fingerprint density at radius 1 is 1.33 bits per heavy atom. The number of hydrogen-bond acceptors (Lipinski definition) is 2. The maximum absolute atomic E-state index is 12.4. The highest BCUT2D eigenvalue weighted by Crippen LogP contribution is 2.32. The number of urea groups is 1. The summed E-state index contributed by atoms with van der Waals surface area (Å²) in [7, 11) is 1.84. The van der Waals surface area contributed by atoms with Crippen molar-refractivity contribution in [2.75, 3.05) is 7.05 Å². The molecule has 21 heavy (non-hydrogen) atoms. The number of pyridine rings is 1. The topological polar surface area (TPSA) is 45.2 Å². The van der Waals surface area contributed by atoms with Crippen LogP contribution < -0.4 is 5.32 Å². The van der Waals surface area contributed by atoms with E-state index < -0.39 is 0 Å². The molecule has 1 aromatic rings. The van der Waals surface area contributed by atoms with Crippen LogP contribution in [-0.2, 0) is 13.0 Å². The molecule has 4 nitrogen and oxygen atoms in total. The molecule has 1 heterocycles. The first-order valence-electron chi connectivity index (χ1n) is 8.05. The molecule has 1 saturated carbocycles. The highest BCUT2D eigenvalue weighted by atomic mass is 16.2. The number of carbonyl (C=O) groups excluding carboxylic acids is 1. The quantitative estimate of drug-likeness (QED) is 0.901. The number of hydrogen-bond donors (Lipinski definition) is 1. The highest BCUT2D eigenvalue weighted by molar-refractivity contribution is 5.74. The SMILES string of the molecule is CCc1ccc(CN(C)C(=O)NC2(CC)CCCC2)nc1. The van der Waals surface area contributed by atoms with E-state index in [0.717, 1.165) is 31.4 Å². The van der Waals surface area contributed by atoms with Crippen LogP contribution in [0, 0.1) is 0 Å². The molecule has 1 aliphatic carbocycles. The van der Waals surface area contributed by atoms with E-state index in [-0.39, 0.29) is 11.6 Å². The van der Waals surface area contributed by atoms with Gasteiger partial charge in [0.25, 0.3) is 0 Å². The van der Waals surface area contributed by atoms with Gasteiger partial charge in [0, 0.05) is 18.8 Å². The number of rotatable bonds is 5. The molecule has 1 fully saturated rings. The molecule has 0 unspecified atom stereocenters. The average Bonchev–Trinajstić information content (AvgIpc) is 2.97. The Kier molecular flexibility index (Phi) is 5.21. The van der Waals surface area contributed by atoms with Crippen LogP contribution in [0.2, 0.25) is 0 Å². The first kappa shape index (κ1) is 15.8. The smallest absolute Gasteiger partial charge is 0.317 e. The number of aryl methyl sites for hydroxylation is 1. The summed E-state index contributed by atoms with van der Waals surface area (Å²) in [5.74, 6) is 0. The van der Waals surface area contributed by atoms with Gasteiger partial charge in [0.2, 0.25) is 0 Å². The van der Waals surface area contributed by atoms with E-state index in [2.05, 4.69) is 30.2 Å². The minimum atomic E-state index is 0.0140. The van der Waals surface area contributed by atoms with Crippen LogP contribution in [0.1, 0.15) is 57.2 Å². The third-order valence-electron chi connectivity index (χ3n) is 4.65. The standard InChI is InChI=1S/C17H27N3O/c1-4-14-8-9-15(18-12-14)13-20(3)16(21)19-17(5-2)10-6-7-11-17/h8-9,12H,4-7,10-11,13H2,1-3H3,(H,19,21). The fraction of sp³-hybridized carbons (Fsp3) is 0.647. The monoisotopic (exact) mass is 289 g/mol. The molecule has 2 rings (SSSR count). The van der Waals surface area contributed by atoms with E-state index in [4.69, 9.17) is 0 Å². The van der Waals surface area contributed by atoms with Gasteiger partial charge in [0.15, 0.2) is 0 Å². The van der Waals surface area contributed by atoms with Crippen molar-refractivity contribution < 1.29 is 4.79 Å². The average molecular weight is 289 g/mol. The zero-order valence-corrected chi connectivity index (χ0v) is 13.5. The van der Waals surface area contributed by atoms with Crippen molar-refractivity contribution in [3.05, 3.63) is 29.6 Å². The van der Waals surface area contributed by atoms with Crippen LogP contribution in [0.5, 0.6) is 0 Å². The summed E-state index contributed by atoms with van der Waals surface area (Å²) in [6.45, 7) is 4.83. The van der Waals surface area contributed by atoms with E-state index in [9.17, 15) is 4.79 Å². The number of carbonyl (C=O) groups is 1. The summed E-state index contributed by atoms with van der Waals surface area (Å²) in [4.78, 5) is 18.5. The van der Waals surface area contributed by atoms with Crippen molar-refractivity contribution in [2.24, 2.45) is 0 Å². The van der Waals surface area contributed by atoms with E-state index in [1.807, 2.05) is 19.3 Å². The van der Waals surface area contributed by atoms with Crippen molar-refractivity contribution in [1.29, 1.82) is 0 Å². The molecule has 0 saturated heterocycles.